The van der Waals surface area contributed by atoms with E-state index in [2.05, 4.69) is 26.1 Å². The van der Waals surface area contributed by atoms with Crippen molar-refractivity contribution < 1.29 is 18.0 Å². The largest absolute Gasteiger partial charge is 0.350 e. The number of hydrogen-bond acceptors (Lipinski definition) is 4. The van der Waals surface area contributed by atoms with Gasteiger partial charge in [-0.1, -0.05) is 69.1 Å². The molecule has 7 nitrogen and oxygen atoms in total. The number of sulfonamides is 1. The summed E-state index contributed by atoms with van der Waals surface area (Å²) in [4.78, 5) is 28.5. The monoisotopic (exact) mass is 583 g/mol. The first-order chi connectivity index (χ1) is 17.3. The Kier molecular flexibility index (Phi) is 10.3. The van der Waals surface area contributed by atoms with Gasteiger partial charge in [0.15, 0.2) is 0 Å². The van der Waals surface area contributed by atoms with E-state index in [4.69, 9.17) is 23.2 Å². The fourth-order valence-electron chi connectivity index (χ4n) is 3.95. The van der Waals surface area contributed by atoms with Gasteiger partial charge in [0.1, 0.15) is 12.6 Å². The second kappa shape index (κ2) is 12.3. The summed E-state index contributed by atoms with van der Waals surface area (Å²) in [6.45, 7) is 13.1. The number of halogens is 2. The number of benzene rings is 2. The molecule has 0 bridgehead atoms. The second-order valence-electron chi connectivity index (χ2n) is 11.5. The summed E-state index contributed by atoms with van der Waals surface area (Å²) >= 11 is 12.5. The minimum Gasteiger partial charge on any atom is -0.350 e. The molecule has 0 aromatic heterocycles. The van der Waals surface area contributed by atoms with Crippen LogP contribution in [-0.2, 0) is 31.6 Å². The fraction of sp³-hybridized carbons (Fsp3) is 0.500. The number of nitrogens with zero attached hydrogens (tertiary/aromatic N) is 2. The molecule has 0 radical (unpaired) electrons. The lowest BCUT2D eigenvalue weighted by Crippen LogP contribution is -2.55. The summed E-state index contributed by atoms with van der Waals surface area (Å²) in [7, 11) is -3.82. The SMILES string of the molecule is CCC(C(=O)NC(C)(C)C)N(Cc1ccc(Cl)cc1Cl)C(=O)CN(c1ccc(C(C)(C)C)cc1)S(C)(=O)=O. The van der Waals surface area contributed by atoms with Crippen molar-refractivity contribution in [1.29, 1.82) is 0 Å². The molecule has 1 N–H and O–H groups in total. The van der Waals surface area contributed by atoms with Crippen molar-refractivity contribution in [2.45, 2.75) is 78.4 Å². The molecule has 2 amide bonds. The normalized spacial score (nSPS) is 13.1. The molecular weight excluding hydrogens is 545 g/mol. The Bertz CT molecular complexity index is 1250. The summed E-state index contributed by atoms with van der Waals surface area (Å²) in [5.41, 5.74) is 1.35. The maximum Gasteiger partial charge on any atom is 0.244 e. The van der Waals surface area contributed by atoms with Gasteiger partial charge in [0, 0.05) is 22.1 Å². The van der Waals surface area contributed by atoms with Gasteiger partial charge in [-0.2, -0.15) is 0 Å². The zero-order chi connectivity index (χ0) is 29.1. The lowest BCUT2D eigenvalue weighted by molar-refractivity contribution is -0.141. The van der Waals surface area contributed by atoms with E-state index in [0.29, 0.717) is 27.7 Å². The topological polar surface area (TPSA) is 86.8 Å². The Balaban J connectivity index is 2.50. The van der Waals surface area contributed by atoms with Crippen molar-refractivity contribution in [2.24, 2.45) is 0 Å². The number of nitrogens with one attached hydrogen (secondary N) is 1. The minimum atomic E-state index is -3.82. The highest BCUT2D eigenvalue weighted by Crippen LogP contribution is 2.27. The summed E-state index contributed by atoms with van der Waals surface area (Å²) in [5, 5.41) is 3.72. The number of carbonyl (C=O) groups excluding carboxylic acids is 2. The van der Waals surface area contributed by atoms with Gasteiger partial charge in [-0.3, -0.25) is 13.9 Å². The molecule has 0 aliphatic heterocycles. The first kappa shape index (κ1) is 31.9. The molecule has 2 aromatic carbocycles. The first-order valence-corrected chi connectivity index (χ1v) is 15.1. The van der Waals surface area contributed by atoms with Crippen LogP contribution in [0, 0.1) is 0 Å². The van der Waals surface area contributed by atoms with Crippen LogP contribution in [0.15, 0.2) is 42.5 Å². The van der Waals surface area contributed by atoms with Gasteiger partial charge in [0.25, 0.3) is 0 Å². The third-order valence-corrected chi connectivity index (χ3v) is 7.67. The highest BCUT2D eigenvalue weighted by molar-refractivity contribution is 7.92. The van der Waals surface area contributed by atoms with E-state index in [-0.39, 0.29) is 17.9 Å². The Labute approximate surface area is 237 Å². The zero-order valence-electron chi connectivity index (χ0n) is 23.4. The third-order valence-electron chi connectivity index (χ3n) is 5.94. The maximum atomic E-state index is 13.8. The molecule has 0 fully saturated rings. The number of amides is 2. The molecule has 0 saturated heterocycles. The molecule has 2 rings (SSSR count). The molecule has 0 spiro atoms. The predicted octanol–water partition coefficient (Wildman–Crippen LogP) is 5.78. The summed E-state index contributed by atoms with van der Waals surface area (Å²) < 4.78 is 26.7. The van der Waals surface area contributed by atoms with Gasteiger partial charge in [0.05, 0.1) is 11.9 Å². The quantitative estimate of drug-likeness (QED) is 0.405. The van der Waals surface area contributed by atoms with Crippen molar-refractivity contribution >= 4 is 50.7 Å². The number of rotatable bonds is 9. The molecular formula is C28H39Cl2N3O4S. The lowest BCUT2D eigenvalue weighted by Gasteiger charge is -2.34. The molecule has 0 aliphatic carbocycles. The molecule has 0 aliphatic rings. The summed E-state index contributed by atoms with van der Waals surface area (Å²) in [5.74, 6) is -0.865. The van der Waals surface area contributed by atoms with E-state index in [1.165, 1.54) is 4.90 Å². The van der Waals surface area contributed by atoms with Crippen LogP contribution in [0.5, 0.6) is 0 Å². The van der Waals surface area contributed by atoms with E-state index in [9.17, 15) is 18.0 Å². The molecule has 210 valence electrons. The Hall–Kier alpha value is -2.29. The third kappa shape index (κ3) is 8.89. The highest BCUT2D eigenvalue weighted by Gasteiger charge is 2.33. The highest BCUT2D eigenvalue weighted by atomic mass is 35.5. The average Bonchev–Trinajstić information content (AvgIpc) is 2.76. The van der Waals surface area contributed by atoms with Gasteiger partial charge in [0.2, 0.25) is 21.8 Å². The van der Waals surface area contributed by atoms with Gasteiger partial charge in [-0.05, 0) is 68.0 Å². The van der Waals surface area contributed by atoms with Crippen LogP contribution in [0.1, 0.15) is 66.0 Å². The van der Waals surface area contributed by atoms with E-state index in [1.54, 1.807) is 37.3 Å². The van der Waals surface area contributed by atoms with Gasteiger partial charge in [-0.15, -0.1) is 0 Å². The Morgan fingerprint density at radius 2 is 1.55 bits per heavy atom. The first-order valence-electron chi connectivity index (χ1n) is 12.5. The number of anilines is 1. The van der Waals surface area contributed by atoms with Gasteiger partial charge >= 0.3 is 0 Å². The lowest BCUT2D eigenvalue weighted by atomic mass is 9.87. The van der Waals surface area contributed by atoms with E-state index >= 15 is 0 Å². The smallest absolute Gasteiger partial charge is 0.244 e. The molecule has 1 unspecified atom stereocenters. The fourth-order valence-corrected chi connectivity index (χ4v) is 5.27. The van der Waals surface area contributed by atoms with E-state index < -0.39 is 34.1 Å². The van der Waals surface area contributed by atoms with Crippen LogP contribution in [0.4, 0.5) is 5.69 Å². The van der Waals surface area contributed by atoms with Crippen LogP contribution >= 0.6 is 23.2 Å². The van der Waals surface area contributed by atoms with Gasteiger partial charge in [-0.25, -0.2) is 8.42 Å². The predicted molar refractivity (Wildman–Crippen MR) is 156 cm³/mol. The van der Waals surface area contributed by atoms with Crippen LogP contribution in [-0.4, -0.2) is 49.5 Å². The summed E-state index contributed by atoms with van der Waals surface area (Å²) in [6.07, 6.45) is 1.37. The van der Waals surface area contributed by atoms with Crippen molar-refractivity contribution in [2.75, 3.05) is 17.1 Å². The Morgan fingerprint density at radius 3 is 2.00 bits per heavy atom. The molecule has 10 heteroatoms. The summed E-state index contributed by atoms with van der Waals surface area (Å²) in [6, 6.07) is 11.2. The molecule has 1 atom stereocenters. The van der Waals surface area contributed by atoms with Crippen LogP contribution in [0.25, 0.3) is 0 Å². The van der Waals surface area contributed by atoms with Crippen molar-refractivity contribution in [1.82, 2.24) is 10.2 Å². The standard InChI is InChI=1S/C28H39Cl2N3O4S/c1-9-24(26(35)31-28(5,6)7)32(17-19-10-13-21(29)16-23(19)30)25(34)18-33(38(8,36)37)22-14-11-20(12-15-22)27(2,3)4/h10-16,24H,9,17-18H2,1-8H3,(H,31,35). The minimum absolute atomic E-state index is 0.00543. The number of carbonyl (C=O) groups is 2. The maximum absolute atomic E-state index is 13.8. The Morgan fingerprint density at radius 1 is 0.974 bits per heavy atom. The van der Waals surface area contributed by atoms with E-state index in [1.807, 2.05) is 32.9 Å². The zero-order valence-corrected chi connectivity index (χ0v) is 25.8. The van der Waals surface area contributed by atoms with E-state index in [0.717, 1.165) is 16.1 Å². The van der Waals surface area contributed by atoms with Crippen LogP contribution in [0.3, 0.4) is 0 Å². The van der Waals surface area contributed by atoms with Crippen LogP contribution in [0.2, 0.25) is 10.0 Å². The molecule has 0 saturated carbocycles. The molecule has 0 heterocycles. The second-order valence-corrected chi connectivity index (χ2v) is 14.2. The number of hydrogen-bond donors (Lipinski definition) is 1. The van der Waals surface area contributed by atoms with Crippen molar-refractivity contribution in [3.8, 4) is 0 Å². The van der Waals surface area contributed by atoms with Crippen molar-refractivity contribution in [3.63, 3.8) is 0 Å². The van der Waals surface area contributed by atoms with Crippen LogP contribution < -0.4 is 9.62 Å². The van der Waals surface area contributed by atoms with Gasteiger partial charge < -0.3 is 10.2 Å². The average molecular weight is 585 g/mol. The molecule has 38 heavy (non-hydrogen) atoms. The van der Waals surface area contributed by atoms with Crippen molar-refractivity contribution in [3.05, 3.63) is 63.6 Å². The molecule has 2 aromatic rings.